The summed E-state index contributed by atoms with van der Waals surface area (Å²) in [6, 6.07) is 4.77. The van der Waals surface area contributed by atoms with Crippen molar-refractivity contribution in [2.24, 2.45) is 5.73 Å². The van der Waals surface area contributed by atoms with E-state index in [1.807, 2.05) is 0 Å². The van der Waals surface area contributed by atoms with Crippen molar-refractivity contribution >= 4 is 5.69 Å². The fraction of sp³-hybridized carbons (Fsp3) is 0.375. The summed E-state index contributed by atoms with van der Waals surface area (Å²) in [6.45, 7) is 0. The second kappa shape index (κ2) is 6.38. The molecule has 25 heavy (non-hydrogen) atoms. The van der Waals surface area contributed by atoms with Crippen LogP contribution in [-0.2, 0) is 11.2 Å². The van der Waals surface area contributed by atoms with Crippen LogP contribution >= 0.6 is 0 Å². The average molecular weight is 366 g/mol. The summed E-state index contributed by atoms with van der Waals surface area (Å²) in [5.41, 5.74) is 4.16. The molecule has 0 saturated carbocycles. The molecule has 1 unspecified atom stereocenters. The molecule has 4 N–H and O–H groups in total. The molecule has 0 aromatic heterocycles. The van der Waals surface area contributed by atoms with Gasteiger partial charge in [0.2, 0.25) is 0 Å². The molecular weight excluding hydrogens is 350 g/mol. The number of hydrogen-bond donors (Lipinski definition) is 2. The fourth-order valence-electron chi connectivity index (χ4n) is 2.52. The van der Waals surface area contributed by atoms with E-state index < -0.39 is 30.1 Å². The van der Waals surface area contributed by atoms with Crippen molar-refractivity contribution in [3.05, 3.63) is 54.1 Å². The maximum Gasteiger partial charge on any atom is 0.426 e. The van der Waals surface area contributed by atoms with Gasteiger partial charge in [-0.3, -0.25) is 5.73 Å². The molecule has 1 aliphatic rings. The van der Waals surface area contributed by atoms with Crippen molar-refractivity contribution in [2.75, 3.05) is 5.73 Å². The van der Waals surface area contributed by atoms with Crippen LogP contribution in [0.2, 0.25) is 0 Å². The van der Waals surface area contributed by atoms with Crippen molar-refractivity contribution in [3.63, 3.8) is 0 Å². The highest BCUT2D eigenvalue weighted by atomic mass is 19.4. The first-order valence-electron chi connectivity index (χ1n) is 7.20. The van der Waals surface area contributed by atoms with Gasteiger partial charge in [-0.05, 0) is 23.8 Å². The maximum atomic E-state index is 13.6. The van der Waals surface area contributed by atoms with E-state index in [9.17, 15) is 26.3 Å². The molecule has 1 aromatic rings. The summed E-state index contributed by atoms with van der Waals surface area (Å²) in [5.74, 6) is 0. The zero-order valence-electron chi connectivity index (χ0n) is 12.9. The first-order valence-corrected chi connectivity index (χ1v) is 7.20. The van der Waals surface area contributed by atoms with Crippen LogP contribution in [-0.4, -0.2) is 23.7 Å². The summed E-state index contributed by atoms with van der Waals surface area (Å²) < 4.78 is 86.2. The Labute approximate surface area is 139 Å². The van der Waals surface area contributed by atoms with Crippen LogP contribution in [0.25, 0.3) is 0 Å². The van der Waals surface area contributed by atoms with Gasteiger partial charge in [0.05, 0.1) is 0 Å². The van der Waals surface area contributed by atoms with Crippen molar-refractivity contribution in [2.45, 2.75) is 36.5 Å². The van der Waals surface area contributed by atoms with Gasteiger partial charge in [0.25, 0.3) is 5.60 Å². The lowest BCUT2D eigenvalue weighted by Crippen LogP contribution is -2.65. The molecular formula is C16H16F6N2O. The average Bonchev–Trinajstić information content (AvgIpc) is 2.44. The minimum Gasteiger partial charge on any atom is -0.399 e. The number of alkyl halides is 6. The fourth-order valence-corrected chi connectivity index (χ4v) is 2.52. The molecule has 1 atom stereocenters. The molecule has 138 valence electrons. The van der Waals surface area contributed by atoms with E-state index in [1.165, 1.54) is 30.4 Å². The Morgan fingerprint density at radius 1 is 1.04 bits per heavy atom. The summed E-state index contributed by atoms with van der Waals surface area (Å²) in [7, 11) is 0. The van der Waals surface area contributed by atoms with Crippen molar-refractivity contribution in [1.82, 2.24) is 0 Å². The molecule has 0 heterocycles. The number of allylic oxidation sites excluding steroid dienone is 2. The number of nitrogens with two attached hydrogens (primary N) is 2. The summed E-state index contributed by atoms with van der Waals surface area (Å²) in [4.78, 5) is 0. The first kappa shape index (κ1) is 19.3. The topological polar surface area (TPSA) is 61.3 Å². The lowest BCUT2D eigenvalue weighted by Gasteiger charge is -2.43. The number of benzene rings is 1. The van der Waals surface area contributed by atoms with Crippen molar-refractivity contribution in [1.29, 1.82) is 0 Å². The van der Waals surface area contributed by atoms with Crippen LogP contribution in [0.1, 0.15) is 12.0 Å². The van der Waals surface area contributed by atoms with Gasteiger partial charge in [-0.15, -0.1) is 0 Å². The smallest absolute Gasteiger partial charge is 0.399 e. The number of hydrogen-bond acceptors (Lipinski definition) is 3. The third-order valence-electron chi connectivity index (χ3n) is 3.75. The monoisotopic (exact) mass is 366 g/mol. The number of rotatable bonds is 4. The van der Waals surface area contributed by atoms with E-state index in [2.05, 4.69) is 4.74 Å². The second-order valence-electron chi connectivity index (χ2n) is 5.79. The van der Waals surface area contributed by atoms with Crippen LogP contribution in [0.5, 0.6) is 0 Å². The lowest BCUT2D eigenvalue weighted by atomic mass is 9.91. The van der Waals surface area contributed by atoms with E-state index in [-0.39, 0.29) is 17.7 Å². The van der Waals surface area contributed by atoms with E-state index in [0.29, 0.717) is 0 Å². The Bertz CT molecular complexity index is 666. The molecule has 0 aliphatic heterocycles. The van der Waals surface area contributed by atoms with Gasteiger partial charge in [-0.1, -0.05) is 30.4 Å². The molecule has 3 nitrogen and oxygen atoms in total. The van der Waals surface area contributed by atoms with Crippen molar-refractivity contribution < 1.29 is 31.1 Å². The number of ether oxygens (including phenoxy) is 1. The van der Waals surface area contributed by atoms with Crippen LogP contribution in [0.3, 0.4) is 0 Å². The minimum atomic E-state index is -5.75. The molecule has 0 spiro atoms. The van der Waals surface area contributed by atoms with E-state index in [4.69, 9.17) is 11.5 Å². The van der Waals surface area contributed by atoms with Gasteiger partial charge in [-0.2, -0.15) is 26.3 Å². The van der Waals surface area contributed by atoms with Crippen LogP contribution in [0, 0.1) is 0 Å². The standard InChI is InChI=1S/C16H16F6N2O/c17-15(18,19)14(16(20,21)22,10-11-5-4-6-12(23)9-11)25-13(24)7-2-1-3-8-13/h1-7,9H,8,10,23-24H2. The minimum absolute atomic E-state index is 0.0405. The predicted octanol–water partition coefficient (Wildman–Crippen LogP) is 3.86. The number of nitrogen functional groups attached to an aromatic ring is 1. The Hall–Kier alpha value is -2.00. The third kappa shape index (κ3) is 3.98. The van der Waals surface area contributed by atoms with E-state index >= 15 is 0 Å². The van der Waals surface area contributed by atoms with Gasteiger partial charge >= 0.3 is 12.4 Å². The van der Waals surface area contributed by atoms with E-state index in [1.54, 1.807) is 0 Å². The van der Waals surface area contributed by atoms with E-state index in [0.717, 1.165) is 18.2 Å². The lowest BCUT2D eigenvalue weighted by molar-refractivity contribution is -0.397. The first-order chi connectivity index (χ1) is 11.4. The molecule has 0 bridgehead atoms. The van der Waals surface area contributed by atoms with Crippen LogP contribution < -0.4 is 11.5 Å². The van der Waals surface area contributed by atoms with Gasteiger partial charge in [0.15, 0.2) is 0 Å². The van der Waals surface area contributed by atoms with Gasteiger partial charge in [0.1, 0.15) is 5.72 Å². The Morgan fingerprint density at radius 3 is 2.16 bits per heavy atom. The number of anilines is 1. The van der Waals surface area contributed by atoms with Crippen LogP contribution in [0.15, 0.2) is 48.6 Å². The molecule has 9 heteroatoms. The quantitative estimate of drug-likeness (QED) is 0.483. The number of halogens is 6. The molecule has 1 aliphatic carbocycles. The van der Waals surface area contributed by atoms with Gasteiger partial charge < -0.3 is 10.5 Å². The molecule has 0 fully saturated rings. The maximum absolute atomic E-state index is 13.6. The zero-order chi connectivity index (χ0) is 18.9. The second-order valence-corrected chi connectivity index (χ2v) is 5.79. The SMILES string of the molecule is Nc1cccc(CC(OC2(N)C=CC=CC2)(C(F)(F)F)C(F)(F)F)c1. The van der Waals surface area contributed by atoms with Crippen molar-refractivity contribution in [3.8, 4) is 0 Å². The van der Waals surface area contributed by atoms with Crippen LogP contribution in [0.4, 0.5) is 32.0 Å². The highest BCUT2D eigenvalue weighted by molar-refractivity contribution is 5.41. The van der Waals surface area contributed by atoms with Gasteiger partial charge in [-0.25, -0.2) is 0 Å². The molecule has 1 aromatic carbocycles. The Morgan fingerprint density at radius 2 is 1.68 bits per heavy atom. The molecule has 0 saturated heterocycles. The highest BCUT2D eigenvalue weighted by Crippen LogP contribution is 2.50. The zero-order valence-corrected chi connectivity index (χ0v) is 12.9. The predicted molar refractivity (Wildman–Crippen MR) is 80.3 cm³/mol. The molecule has 2 rings (SSSR count). The Balaban J connectivity index is 2.53. The molecule has 0 amide bonds. The van der Waals surface area contributed by atoms with Gasteiger partial charge in [0, 0.05) is 18.5 Å². The highest BCUT2D eigenvalue weighted by Gasteiger charge is 2.73. The summed E-state index contributed by atoms with van der Waals surface area (Å²) in [5, 5.41) is 0. The normalized spacial score (nSPS) is 21.6. The Kier molecular flexibility index (Phi) is 4.93. The largest absolute Gasteiger partial charge is 0.426 e. The molecule has 0 radical (unpaired) electrons. The third-order valence-corrected chi connectivity index (χ3v) is 3.75. The summed E-state index contributed by atoms with van der Waals surface area (Å²) in [6.07, 6.45) is -8.34. The summed E-state index contributed by atoms with van der Waals surface area (Å²) >= 11 is 0.